The van der Waals surface area contributed by atoms with Crippen molar-refractivity contribution in [1.29, 1.82) is 0 Å². The maximum Gasteiger partial charge on any atom is 0.309 e. The van der Waals surface area contributed by atoms with Crippen molar-refractivity contribution in [3.05, 3.63) is 12.2 Å². The summed E-state index contributed by atoms with van der Waals surface area (Å²) in [7, 11) is 0. The highest BCUT2D eigenvalue weighted by Gasteiger charge is 2.97. The van der Waals surface area contributed by atoms with E-state index in [9.17, 15) is 24.3 Å². The van der Waals surface area contributed by atoms with Crippen molar-refractivity contribution >= 4 is 23.9 Å². The van der Waals surface area contributed by atoms with Crippen LogP contribution < -0.4 is 0 Å². The molecule has 6 saturated carbocycles. The predicted octanol–water partition coefficient (Wildman–Crippen LogP) is 2.16. The van der Waals surface area contributed by atoms with E-state index in [-0.39, 0.29) is 35.8 Å². The highest BCUT2D eigenvalue weighted by Crippen LogP contribution is 2.88. The van der Waals surface area contributed by atoms with Crippen LogP contribution in [0.15, 0.2) is 12.2 Å². The third-order valence-corrected chi connectivity index (χ3v) is 12.6. The molecule has 6 aliphatic carbocycles. The van der Waals surface area contributed by atoms with Crippen LogP contribution in [-0.4, -0.2) is 82.5 Å². The van der Waals surface area contributed by atoms with Gasteiger partial charge in [0.15, 0.2) is 0 Å². The average molecular weight is 572 g/mol. The first-order chi connectivity index (χ1) is 19.2. The number of hydrogen-bond donors (Lipinski definition) is 1. The molecule has 6 unspecified atom stereocenters. The Hall–Kier alpha value is -2.46. The van der Waals surface area contributed by atoms with Gasteiger partial charge in [0.2, 0.25) is 0 Å². The molecule has 9 rings (SSSR count). The first kappa shape index (κ1) is 27.4. The second-order valence-corrected chi connectivity index (χ2v) is 14.4. The molecule has 0 aromatic carbocycles. The molecule has 0 amide bonds. The zero-order valence-electron chi connectivity index (χ0n) is 24.7. The molecule has 0 radical (unpaired) electrons. The third kappa shape index (κ3) is 2.87. The van der Waals surface area contributed by atoms with Crippen molar-refractivity contribution in [3.8, 4) is 0 Å². The van der Waals surface area contributed by atoms with Gasteiger partial charge >= 0.3 is 23.9 Å². The minimum atomic E-state index is -1.39. The molecule has 9 bridgehead atoms. The quantitative estimate of drug-likeness (QED) is 0.288. The summed E-state index contributed by atoms with van der Waals surface area (Å²) in [6, 6.07) is -0.287. The number of fused-ring (bicyclic) bond motifs is 1. The standard InChI is InChI=1S/C31H41NO9/c1-8-13(2)26(36)41-19-11-30-22-18-10-29-9-14(3)20(21(23(29)30)38-15(4)33)25(40-17(6)35)31(29,37)27(30)32(18)12-28(22,7)24(19)39-16(5)34/h13,18-25,27,37H,3,8-12H2,1-2,4-7H3/t13?,18-,19?,20+,21?,22+,23+,24?,25?,27-,28-,29+,30-,31-/m0/s1. The number of esters is 4. The van der Waals surface area contributed by atoms with Gasteiger partial charge in [0.05, 0.1) is 11.8 Å². The predicted molar refractivity (Wildman–Crippen MR) is 142 cm³/mol. The van der Waals surface area contributed by atoms with Crippen molar-refractivity contribution in [3.63, 3.8) is 0 Å². The third-order valence-electron chi connectivity index (χ3n) is 12.6. The van der Waals surface area contributed by atoms with Crippen molar-refractivity contribution in [2.45, 2.75) is 109 Å². The minimum absolute atomic E-state index is 0.00352. The van der Waals surface area contributed by atoms with Gasteiger partial charge in [-0.25, -0.2) is 0 Å². The molecule has 3 heterocycles. The molecule has 2 spiro atoms. The van der Waals surface area contributed by atoms with Crippen LogP contribution in [0.25, 0.3) is 0 Å². The average Bonchev–Trinajstić information content (AvgIpc) is 3.29. The van der Waals surface area contributed by atoms with Crippen LogP contribution in [0.1, 0.15) is 67.2 Å². The van der Waals surface area contributed by atoms with Gasteiger partial charge in [-0.05, 0) is 31.6 Å². The lowest BCUT2D eigenvalue weighted by Crippen LogP contribution is -2.77. The van der Waals surface area contributed by atoms with Gasteiger partial charge < -0.3 is 24.1 Å². The largest absolute Gasteiger partial charge is 0.461 e. The van der Waals surface area contributed by atoms with E-state index >= 15 is 0 Å². The number of aliphatic hydroxyl groups is 1. The van der Waals surface area contributed by atoms with Crippen molar-refractivity contribution in [2.75, 3.05) is 6.54 Å². The highest BCUT2D eigenvalue weighted by atomic mass is 16.6. The topological polar surface area (TPSA) is 129 Å². The Bertz CT molecular complexity index is 1280. The fourth-order valence-electron chi connectivity index (χ4n) is 12.1. The molecule has 15 atom stereocenters. The molecule has 3 aliphatic heterocycles. The summed E-state index contributed by atoms with van der Waals surface area (Å²) < 4.78 is 24.4. The molecule has 10 heteroatoms. The summed E-state index contributed by atoms with van der Waals surface area (Å²) in [6.45, 7) is 14.9. The second kappa shape index (κ2) is 8.13. The van der Waals surface area contributed by atoms with Gasteiger partial charge in [0.25, 0.3) is 0 Å². The van der Waals surface area contributed by atoms with E-state index in [2.05, 4.69) is 18.4 Å². The van der Waals surface area contributed by atoms with Crippen LogP contribution >= 0.6 is 0 Å². The number of nitrogens with zero attached hydrogens (tertiary/aromatic N) is 1. The number of hydrogen-bond acceptors (Lipinski definition) is 10. The summed E-state index contributed by atoms with van der Waals surface area (Å²) in [4.78, 5) is 53.1. The first-order valence-electron chi connectivity index (χ1n) is 15.1. The zero-order chi connectivity index (χ0) is 29.6. The summed E-state index contributed by atoms with van der Waals surface area (Å²) in [5.74, 6) is -2.84. The van der Waals surface area contributed by atoms with Gasteiger partial charge in [0.1, 0.15) is 30.0 Å². The van der Waals surface area contributed by atoms with Crippen LogP contribution in [-0.2, 0) is 38.1 Å². The van der Waals surface area contributed by atoms with Crippen molar-refractivity contribution < 1.29 is 43.2 Å². The Morgan fingerprint density at radius 1 is 1.00 bits per heavy atom. The number of rotatable bonds is 6. The fourth-order valence-corrected chi connectivity index (χ4v) is 12.1. The molecule has 0 aromatic heterocycles. The Morgan fingerprint density at radius 3 is 2.24 bits per heavy atom. The van der Waals surface area contributed by atoms with E-state index in [0.717, 1.165) is 5.57 Å². The summed E-state index contributed by atoms with van der Waals surface area (Å²) in [5.41, 5.74) is -2.45. The van der Waals surface area contributed by atoms with E-state index in [1.165, 1.54) is 20.8 Å². The van der Waals surface area contributed by atoms with Crippen LogP contribution in [0.5, 0.6) is 0 Å². The Kier molecular flexibility index (Phi) is 5.43. The minimum Gasteiger partial charge on any atom is -0.461 e. The van der Waals surface area contributed by atoms with Crippen molar-refractivity contribution in [1.82, 2.24) is 4.90 Å². The van der Waals surface area contributed by atoms with E-state index in [4.69, 9.17) is 18.9 Å². The van der Waals surface area contributed by atoms with Crippen LogP contribution in [0.2, 0.25) is 0 Å². The van der Waals surface area contributed by atoms with Crippen LogP contribution in [0, 0.1) is 39.9 Å². The van der Waals surface area contributed by atoms with Crippen LogP contribution in [0.3, 0.4) is 0 Å². The molecule has 9 aliphatic rings. The van der Waals surface area contributed by atoms with Crippen LogP contribution in [0.4, 0.5) is 0 Å². The molecule has 41 heavy (non-hydrogen) atoms. The maximum absolute atomic E-state index is 13.2. The first-order valence-corrected chi connectivity index (χ1v) is 15.1. The number of ether oxygens (including phenoxy) is 4. The fraction of sp³-hybridized carbons (Fsp3) is 0.806. The molecular weight excluding hydrogens is 530 g/mol. The molecule has 3 saturated heterocycles. The Balaban J connectivity index is 1.43. The molecule has 0 aromatic rings. The molecule has 1 N–H and O–H groups in total. The lowest BCUT2D eigenvalue weighted by atomic mass is 9.38. The van der Waals surface area contributed by atoms with Gasteiger partial charge in [-0.3, -0.25) is 24.1 Å². The molecular formula is C31H41NO9. The highest BCUT2D eigenvalue weighted by molar-refractivity contribution is 5.72. The molecule has 9 fully saturated rings. The molecule has 224 valence electrons. The maximum atomic E-state index is 13.2. The van der Waals surface area contributed by atoms with Gasteiger partial charge in [-0.1, -0.05) is 32.9 Å². The Labute approximate surface area is 240 Å². The summed E-state index contributed by atoms with van der Waals surface area (Å²) in [6.07, 6.45) is -0.761. The lowest BCUT2D eigenvalue weighted by Gasteiger charge is -2.68. The van der Waals surface area contributed by atoms with Gasteiger partial charge in [0, 0.05) is 61.6 Å². The number of piperidine rings is 2. The number of carbonyl (C=O) groups excluding carboxylic acids is 4. The monoisotopic (exact) mass is 571 g/mol. The van der Waals surface area contributed by atoms with Gasteiger partial charge in [-0.2, -0.15) is 0 Å². The smallest absolute Gasteiger partial charge is 0.309 e. The SMILES string of the molecule is C=C1C[C@]23C[C@H]4[C@H]5[C@]67CC(OC(=O)C(C)CC)C(OC(C)=O)[C@@]5(C)CN4[C@@H]6[C@@]2(O)C(OC(C)=O)[C@H]1C(OC(C)=O)[C@@H]73. The lowest BCUT2D eigenvalue weighted by molar-refractivity contribution is -0.288. The second-order valence-electron chi connectivity index (χ2n) is 14.4. The van der Waals surface area contributed by atoms with E-state index in [1.807, 2.05) is 13.8 Å². The number of carbonyl (C=O) groups is 4. The van der Waals surface area contributed by atoms with Gasteiger partial charge in [-0.15, -0.1) is 0 Å². The summed E-state index contributed by atoms with van der Waals surface area (Å²) >= 11 is 0. The van der Waals surface area contributed by atoms with Crippen molar-refractivity contribution in [2.24, 2.45) is 39.9 Å². The summed E-state index contributed by atoms with van der Waals surface area (Å²) in [5, 5.41) is 13.1. The zero-order valence-corrected chi connectivity index (χ0v) is 24.7. The molecule has 10 nitrogen and oxygen atoms in total. The van der Waals surface area contributed by atoms with E-state index < -0.39 is 70.1 Å². The Morgan fingerprint density at radius 2 is 1.63 bits per heavy atom. The normalized spacial score (nSPS) is 53.2. The van der Waals surface area contributed by atoms with E-state index in [0.29, 0.717) is 32.2 Å². The van der Waals surface area contributed by atoms with E-state index in [1.54, 1.807) is 0 Å².